The minimum absolute atomic E-state index is 0.310. The Labute approximate surface area is 152 Å². The van der Waals surface area contributed by atoms with Crippen molar-refractivity contribution in [2.24, 2.45) is 5.41 Å². The van der Waals surface area contributed by atoms with Crippen molar-refractivity contribution in [1.29, 1.82) is 0 Å². The second-order valence-electron chi connectivity index (χ2n) is 7.42. The summed E-state index contributed by atoms with van der Waals surface area (Å²) < 4.78 is 0. The molecule has 0 aliphatic carbocycles. The molecule has 24 heavy (non-hydrogen) atoms. The predicted octanol–water partition coefficient (Wildman–Crippen LogP) is 6.65. The molecule has 0 aromatic carbocycles. The second-order valence-corrected chi connectivity index (χ2v) is 7.42. The molecule has 2 nitrogen and oxygen atoms in total. The first kappa shape index (κ1) is 25.9. The van der Waals surface area contributed by atoms with Crippen LogP contribution in [0.3, 0.4) is 0 Å². The number of hydrogen-bond acceptors (Lipinski definition) is 2. The van der Waals surface area contributed by atoms with Gasteiger partial charge in [-0.15, -0.1) is 6.58 Å². The lowest BCUT2D eigenvalue weighted by atomic mass is 9.73. The zero-order chi connectivity index (χ0) is 18.8. The van der Waals surface area contributed by atoms with Gasteiger partial charge < -0.3 is 10.2 Å². The first-order valence-corrected chi connectivity index (χ1v) is 10.4. The van der Waals surface area contributed by atoms with Gasteiger partial charge in [0.1, 0.15) is 0 Å². The molecular weight excluding hydrogens is 296 g/mol. The van der Waals surface area contributed by atoms with Crippen LogP contribution in [0.25, 0.3) is 0 Å². The number of allylic oxidation sites excluding steroid dienone is 1. The first-order valence-electron chi connectivity index (χ1n) is 10.4. The van der Waals surface area contributed by atoms with Gasteiger partial charge in [0.25, 0.3) is 0 Å². The standard InChI is InChI=1S/C15H30.C7H16O2/c1-5-9-12-15(8-4,13-10-6-2)14-11-7-3;1-3-4-7(9)5-6(2)8/h5H,1,6-14H2,2-4H3;6-9H,3-5H2,1-2H3. The van der Waals surface area contributed by atoms with Crippen molar-refractivity contribution in [3.63, 3.8) is 0 Å². The van der Waals surface area contributed by atoms with Crippen LogP contribution in [-0.2, 0) is 0 Å². The Hall–Kier alpha value is -0.340. The molecular formula is C22H46O2. The molecule has 0 fully saturated rings. The lowest BCUT2D eigenvalue weighted by Gasteiger charge is -2.33. The fourth-order valence-electron chi connectivity index (χ4n) is 3.26. The van der Waals surface area contributed by atoms with E-state index >= 15 is 0 Å². The maximum absolute atomic E-state index is 9.06. The van der Waals surface area contributed by atoms with Crippen molar-refractivity contribution < 1.29 is 10.2 Å². The van der Waals surface area contributed by atoms with Crippen LogP contribution in [0.1, 0.15) is 112 Å². The summed E-state index contributed by atoms with van der Waals surface area (Å²) in [6, 6.07) is 0. The van der Waals surface area contributed by atoms with Gasteiger partial charge in [-0.05, 0) is 50.9 Å². The average molecular weight is 343 g/mol. The van der Waals surface area contributed by atoms with Crippen LogP contribution in [0.5, 0.6) is 0 Å². The molecule has 2 unspecified atom stereocenters. The summed E-state index contributed by atoms with van der Waals surface area (Å²) in [4.78, 5) is 0. The summed E-state index contributed by atoms with van der Waals surface area (Å²) in [5.41, 5.74) is 0.625. The Kier molecular flexibility index (Phi) is 18.9. The molecule has 0 radical (unpaired) electrons. The maximum atomic E-state index is 9.06. The van der Waals surface area contributed by atoms with Crippen LogP contribution in [0.4, 0.5) is 0 Å². The lowest BCUT2D eigenvalue weighted by molar-refractivity contribution is 0.0848. The summed E-state index contributed by atoms with van der Waals surface area (Å²) in [5.74, 6) is 0. The van der Waals surface area contributed by atoms with Crippen LogP contribution >= 0.6 is 0 Å². The molecule has 0 saturated heterocycles. The van der Waals surface area contributed by atoms with Gasteiger partial charge in [0, 0.05) is 0 Å². The van der Waals surface area contributed by atoms with Gasteiger partial charge in [0.05, 0.1) is 12.2 Å². The van der Waals surface area contributed by atoms with Gasteiger partial charge in [-0.1, -0.05) is 72.3 Å². The molecule has 0 heterocycles. The van der Waals surface area contributed by atoms with E-state index in [-0.39, 0.29) is 12.2 Å². The highest BCUT2D eigenvalue weighted by Crippen LogP contribution is 2.39. The van der Waals surface area contributed by atoms with E-state index in [0.717, 1.165) is 12.8 Å². The molecule has 0 aromatic rings. The number of aliphatic hydroxyl groups is 2. The normalized spacial score (nSPS) is 13.8. The van der Waals surface area contributed by atoms with Gasteiger partial charge in [-0.2, -0.15) is 0 Å². The monoisotopic (exact) mass is 342 g/mol. The minimum Gasteiger partial charge on any atom is -0.393 e. The van der Waals surface area contributed by atoms with Crippen molar-refractivity contribution in [3.8, 4) is 0 Å². The Morgan fingerprint density at radius 3 is 1.79 bits per heavy atom. The molecule has 2 atom stereocenters. The fourth-order valence-corrected chi connectivity index (χ4v) is 3.26. The highest BCUT2D eigenvalue weighted by Gasteiger charge is 2.25. The van der Waals surface area contributed by atoms with E-state index in [4.69, 9.17) is 10.2 Å². The van der Waals surface area contributed by atoms with Gasteiger partial charge >= 0.3 is 0 Å². The highest BCUT2D eigenvalue weighted by molar-refractivity contribution is 4.81. The Morgan fingerprint density at radius 2 is 1.46 bits per heavy atom. The Balaban J connectivity index is 0. The van der Waals surface area contributed by atoms with Crippen LogP contribution in [0, 0.1) is 5.41 Å². The molecule has 0 aromatic heterocycles. The largest absolute Gasteiger partial charge is 0.393 e. The summed E-state index contributed by atoms with van der Waals surface area (Å²) in [5, 5.41) is 17.8. The van der Waals surface area contributed by atoms with E-state index in [0.29, 0.717) is 11.8 Å². The van der Waals surface area contributed by atoms with Crippen LogP contribution in [0.2, 0.25) is 0 Å². The van der Waals surface area contributed by atoms with E-state index in [9.17, 15) is 0 Å². The molecule has 2 N–H and O–H groups in total. The van der Waals surface area contributed by atoms with Crippen LogP contribution < -0.4 is 0 Å². The molecule has 0 bridgehead atoms. The number of hydrogen-bond donors (Lipinski definition) is 2. The molecule has 0 aliphatic heterocycles. The van der Waals surface area contributed by atoms with Crippen LogP contribution in [0.15, 0.2) is 12.7 Å². The van der Waals surface area contributed by atoms with Crippen molar-refractivity contribution in [3.05, 3.63) is 12.7 Å². The third-order valence-electron chi connectivity index (χ3n) is 4.99. The molecule has 0 amide bonds. The number of unbranched alkanes of at least 4 members (excludes halogenated alkanes) is 2. The zero-order valence-electron chi connectivity index (χ0n) is 17.3. The minimum atomic E-state index is -0.369. The van der Waals surface area contributed by atoms with Crippen LogP contribution in [-0.4, -0.2) is 22.4 Å². The van der Waals surface area contributed by atoms with Gasteiger partial charge in [0.2, 0.25) is 0 Å². The smallest absolute Gasteiger partial charge is 0.0564 e. The van der Waals surface area contributed by atoms with Gasteiger partial charge in [-0.3, -0.25) is 0 Å². The van der Waals surface area contributed by atoms with E-state index in [1.807, 2.05) is 6.92 Å². The van der Waals surface area contributed by atoms with E-state index in [1.165, 1.54) is 57.8 Å². The van der Waals surface area contributed by atoms with Gasteiger partial charge in [-0.25, -0.2) is 0 Å². The topological polar surface area (TPSA) is 40.5 Å². The lowest BCUT2D eigenvalue weighted by Crippen LogP contribution is -2.19. The molecule has 0 spiro atoms. The van der Waals surface area contributed by atoms with Gasteiger partial charge in [0.15, 0.2) is 0 Å². The summed E-state index contributed by atoms with van der Waals surface area (Å²) in [6.07, 6.45) is 15.9. The quantitative estimate of drug-likeness (QED) is 0.347. The number of aliphatic hydroxyl groups excluding tert-OH is 2. The third-order valence-corrected chi connectivity index (χ3v) is 4.99. The summed E-state index contributed by atoms with van der Waals surface area (Å²) >= 11 is 0. The van der Waals surface area contributed by atoms with E-state index in [2.05, 4.69) is 33.4 Å². The third kappa shape index (κ3) is 15.2. The van der Waals surface area contributed by atoms with Crippen molar-refractivity contribution in [1.82, 2.24) is 0 Å². The van der Waals surface area contributed by atoms with Crippen molar-refractivity contribution in [2.75, 3.05) is 0 Å². The van der Waals surface area contributed by atoms with Crippen molar-refractivity contribution in [2.45, 2.75) is 124 Å². The molecule has 0 rings (SSSR count). The zero-order valence-corrected chi connectivity index (χ0v) is 17.3. The first-order chi connectivity index (χ1) is 11.4. The SMILES string of the molecule is C=CCCC(CC)(CCCC)CCCC.CCCC(O)CC(C)O. The highest BCUT2D eigenvalue weighted by atomic mass is 16.3. The predicted molar refractivity (Wildman–Crippen MR) is 108 cm³/mol. The van der Waals surface area contributed by atoms with E-state index in [1.54, 1.807) is 6.92 Å². The Morgan fingerprint density at radius 1 is 0.917 bits per heavy atom. The average Bonchev–Trinajstić information content (AvgIpc) is 2.55. The molecule has 0 aliphatic rings. The molecule has 2 heteroatoms. The molecule has 0 saturated carbocycles. The summed E-state index contributed by atoms with van der Waals surface area (Å²) in [7, 11) is 0. The maximum Gasteiger partial charge on any atom is 0.0564 e. The molecule has 146 valence electrons. The van der Waals surface area contributed by atoms with Crippen molar-refractivity contribution >= 4 is 0 Å². The van der Waals surface area contributed by atoms with E-state index < -0.39 is 0 Å². The summed E-state index contributed by atoms with van der Waals surface area (Å²) in [6.45, 7) is 14.5. The number of rotatable bonds is 14. The fraction of sp³-hybridized carbons (Fsp3) is 0.909. The Bertz CT molecular complexity index is 253. The second kappa shape index (κ2) is 17.5.